The zero-order valence-electron chi connectivity index (χ0n) is 19.3. The highest BCUT2D eigenvalue weighted by Crippen LogP contribution is 2.39. The third-order valence-corrected chi connectivity index (χ3v) is 6.41. The highest BCUT2D eigenvalue weighted by molar-refractivity contribution is 6.32. The average Bonchev–Trinajstić information content (AvgIpc) is 3.28. The zero-order valence-corrected chi connectivity index (χ0v) is 20.0. The summed E-state index contributed by atoms with van der Waals surface area (Å²) in [6, 6.07) is 4.08. The van der Waals surface area contributed by atoms with Crippen LogP contribution in [-0.2, 0) is 11.0 Å². The standard InChI is InChI=1S/C23H27ClF3N7O/c1-3-20(35)29-16-6-7-34(14-16)21-18(24)13-28-22(31-21)30-15-4-5-19(17(12-15)23(25,26)27)33-10-8-32(2)9-11-33/h3-5,12-13,16H,1,6-11,14H2,2H3,(H,29,35)(H,28,30,31)/t16-/m1/s1. The van der Waals surface area contributed by atoms with E-state index in [9.17, 15) is 18.0 Å². The fourth-order valence-corrected chi connectivity index (χ4v) is 4.47. The Balaban J connectivity index is 1.53. The summed E-state index contributed by atoms with van der Waals surface area (Å²) in [5.74, 6) is 0.321. The van der Waals surface area contributed by atoms with Gasteiger partial charge in [-0.25, -0.2) is 4.98 Å². The molecular weight excluding hydrogens is 483 g/mol. The number of amides is 1. The van der Waals surface area contributed by atoms with Crippen LogP contribution in [-0.4, -0.2) is 73.1 Å². The smallest absolute Gasteiger partial charge is 0.368 e. The van der Waals surface area contributed by atoms with Gasteiger partial charge in [-0.3, -0.25) is 4.79 Å². The lowest BCUT2D eigenvalue weighted by atomic mass is 10.1. The quantitative estimate of drug-likeness (QED) is 0.577. The molecule has 12 heteroatoms. The Hall–Kier alpha value is -3.05. The summed E-state index contributed by atoms with van der Waals surface area (Å²) >= 11 is 6.31. The first-order chi connectivity index (χ1) is 16.6. The van der Waals surface area contributed by atoms with Gasteiger partial charge in [0.2, 0.25) is 11.9 Å². The highest BCUT2D eigenvalue weighted by atomic mass is 35.5. The summed E-state index contributed by atoms with van der Waals surface area (Å²) in [6.07, 6.45) is -1.19. The van der Waals surface area contributed by atoms with Crippen LogP contribution in [0.1, 0.15) is 12.0 Å². The van der Waals surface area contributed by atoms with Crippen LogP contribution < -0.4 is 20.4 Å². The van der Waals surface area contributed by atoms with E-state index in [1.807, 2.05) is 11.9 Å². The fourth-order valence-electron chi connectivity index (χ4n) is 4.26. The van der Waals surface area contributed by atoms with Crippen LogP contribution in [0.5, 0.6) is 0 Å². The van der Waals surface area contributed by atoms with Gasteiger partial charge in [-0.15, -0.1) is 0 Å². The van der Waals surface area contributed by atoms with Crippen LogP contribution >= 0.6 is 11.6 Å². The van der Waals surface area contributed by atoms with Crippen molar-refractivity contribution in [3.8, 4) is 0 Å². The molecule has 2 aliphatic heterocycles. The number of alkyl halides is 3. The molecule has 1 aromatic heterocycles. The number of carbonyl (C=O) groups is 1. The van der Waals surface area contributed by atoms with E-state index >= 15 is 0 Å². The van der Waals surface area contributed by atoms with Gasteiger partial charge in [0.15, 0.2) is 5.82 Å². The van der Waals surface area contributed by atoms with E-state index in [1.165, 1.54) is 18.3 Å². The van der Waals surface area contributed by atoms with Gasteiger partial charge in [-0.05, 0) is 37.7 Å². The molecule has 0 unspecified atom stereocenters. The third kappa shape index (κ3) is 5.96. The van der Waals surface area contributed by atoms with Gasteiger partial charge in [0.1, 0.15) is 5.02 Å². The lowest BCUT2D eigenvalue weighted by Crippen LogP contribution is -2.45. The Morgan fingerprint density at radius 3 is 2.63 bits per heavy atom. The molecule has 35 heavy (non-hydrogen) atoms. The van der Waals surface area contributed by atoms with Crippen LogP contribution in [0.3, 0.4) is 0 Å². The molecule has 2 fully saturated rings. The minimum atomic E-state index is -4.51. The van der Waals surface area contributed by atoms with Gasteiger partial charge in [0.05, 0.1) is 11.8 Å². The lowest BCUT2D eigenvalue weighted by Gasteiger charge is -2.35. The van der Waals surface area contributed by atoms with Crippen molar-refractivity contribution < 1.29 is 18.0 Å². The first-order valence-electron chi connectivity index (χ1n) is 11.3. The molecule has 4 rings (SSSR count). The highest BCUT2D eigenvalue weighted by Gasteiger charge is 2.36. The first-order valence-corrected chi connectivity index (χ1v) is 11.6. The first kappa shape index (κ1) is 25.1. The number of hydrogen-bond donors (Lipinski definition) is 2. The monoisotopic (exact) mass is 509 g/mol. The molecule has 188 valence electrons. The van der Waals surface area contributed by atoms with Gasteiger partial charge < -0.3 is 25.3 Å². The van der Waals surface area contributed by atoms with Gasteiger partial charge in [-0.1, -0.05) is 18.2 Å². The number of likely N-dealkylation sites (N-methyl/N-ethyl adjacent to an activating group) is 1. The molecule has 8 nitrogen and oxygen atoms in total. The maximum absolute atomic E-state index is 13.9. The van der Waals surface area contributed by atoms with E-state index in [0.717, 1.165) is 6.07 Å². The van der Waals surface area contributed by atoms with Crippen molar-refractivity contribution >= 4 is 40.6 Å². The van der Waals surface area contributed by atoms with Crippen molar-refractivity contribution in [3.63, 3.8) is 0 Å². The number of nitrogens with zero attached hydrogens (tertiary/aromatic N) is 5. The second-order valence-corrected chi connectivity index (χ2v) is 9.06. The predicted octanol–water partition coefficient (Wildman–Crippen LogP) is 3.53. The van der Waals surface area contributed by atoms with Crippen molar-refractivity contribution in [2.24, 2.45) is 0 Å². The van der Waals surface area contributed by atoms with Crippen LogP contribution in [0.25, 0.3) is 0 Å². The molecule has 1 aromatic carbocycles. The maximum Gasteiger partial charge on any atom is 0.418 e. The number of benzene rings is 1. The van der Waals surface area contributed by atoms with Crippen molar-refractivity contribution in [1.29, 1.82) is 0 Å². The molecule has 1 atom stereocenters. The van der Waals surface area contributed by atoms with Gasteiger partial charge in [-0.2, -0.15) is 18.2 Å². The van der Waals surface area contributed by atoms with Crippen LogP contribution in [0.4, 0.5) is 36.3 Å². The Morgan fingerprint density at radius 2 is 1.94 bits per heavy atom. The van der Waals surface area contributed by atoms with E-state index in [-0.39, 0.29) is 29.3 Å². The third-order valence-electron chi connectivity index (χ3n) is 6.15. The number of anilines is 4. The van der Waals surface area contributed by atoms with Crippen molar-refractivity contribution in [3.05, 3.63) is 47.6 Å². The van der Waals surface area contributed by atoms with Crippen LogP contribution in [0, 0.1) is 0 Å². The Labute approximate surface area is 206 Å². The number of carbonyl (C=O) groups excluding carboxylic acids is 1. The molecule has 2 N–H and O–H groups in total. The largest absolute Gasteiger partial charge is 0.418 e. The van der Waals surface area contributed by atoms with E-state index < -0.39 is 11.7 Å². The molecule has 1 amide bonds. The van der Waals surface area contributed by atoms with Crippen LogP contribution in [0.15, 0.2) is 37.1 Å². The molecule has 0 saturated carbocycles. The maximum atomic E-state index is 13.9. The molecule has 0 spiro atoms. The average molecular weight is 510 g/mol. The van der Waals surface area contributed by atoms with Crippen molar-refractivity contribution in [2.45, 2.75) is 18.6 Å². The molecule has 0 bridgehead atoms. The second kappa shape index (κ2) is 10.3. The van der Waals surface area contributed by atoms with Gasteiger partial charge in [0.25, 0.3) is 0 Å². The van der Waals surface area contributed by atoms with Gasteiger partial charge in [0, 0.05) is 56.7 Å². The summed E-state index contributed by atoms with van der Waals surface area (Å²) in [4.78, 5) is 25.9. The van der Waals surface area contributed by atoms with Crippen LogP contribution in [0.2, 0.25) is 5.02 Å². The lowest BCUT2D eigenvalue weighted by molar-refractivity contribution is -0.137. The number of rotatable bonds is 6. The number of piperazine rings is 1. The summed E-state index contributed by atoms with van der Waals surface area (Å²) in [5, 5.41) is 6.04. The van der Waals surface area contributed by atoms with E-state index in [2.05, 4.69) is 32.1 Å². The SMILES string of the molecule is C=CC(=O)N[C@@H]1CCN(c2nc(Nc3ccc(N4CCN(C)CC4)c(C(F)(F)F)c3)ncc2Cl)C1. The molecule has 2 aromatic rings. The minimum absolute atomic E-state index is 0.0839. The zero-order chi connectivity index (χ0) is 25.2. The molecular formula is C23H27ClF3N7O. The normalized spacial score (nSPS) is 19.1. The number of nitrogens with one attached hydrogen (secondary N) is 2. The van der Waals surface area contributed by atoms with E-state index in [0.29, 0.717) is 56.5 Å². The summed E-state index contributed by atoms with van der Waals surface area (Å²) in [6.45, 7) is 7.01. The summed E-state index contributed by atoms with van der Waals surface area (Å²) in [5.41, 5.74) is -0.318. The van der Waals surface area contributed by atoms with Crippen molar-refractivity contribution in [1.82, 2.24) is 20.2 Å². The summed E-state index contributed by atoms with van der Waals surface area (Å²) in [7, 11) is 1.95. The Bertz CT molecular complexity index is 1090. The van der Waals surface area contributed by atoms with Crippen molar-refractivity contribution in [2.75, 3.05) is 61.4 Å². The number of aromatic nitrogens is 2. The molecule has 0 aliphatic carbocycles. The summed E-state index contributed by atoms with van der Waals surface area (Å²) < 4.78 is 41.8. The van der Waals surface area contributed by atoms with E-state index in [4.69, 9.17) is 11.6 Å². The number of hydrogen-bond acceptors (Lipinski definition) is 7. The van der Waals surface area contributed by atoms with Gasteiger partial charge >= 0.3 is 6.18 Å². The Morgan fingerprint density at radius 1 is 1.20 bits per heavy atom. The molecule has 3 heterocycles. The Kier molecular flexibility index (Phi) is 7.36. The molecule has 0 radical (unpaired) electrons. The minimum Gasteiger partial charge on any atom is -0.368 e. The predicted molar refractivity (Wildman–Crippen MR) is 130 cm³/mol. The molecule has 2 saturated heterocycles. The fraction of sp³-hybridized carbons (Fsp3) is 0.435. The molecule has 2 aliphatic rings. The second-order valence-electron chi connectivity index (χ2n) is 8.65. The topological polar surface area (TPSA) is 76.6 Å². The van der Waals surface area contributed by atoms with E-state index in [1.54, 1.807) is 11.0 Å². The number of halogens is 4.